The average molecular weight is 337 g/mol. The number of aryl methyl sites for hydroxylation is 1. The molecule has 1 aliphatic carbocycles. The molecule has 1 heterocycles. The number of guanidine groups is 1. The molecule has 2 N–H and O–H groups in total. The summed E-state index contributed by atoms with van der Waals surface area (Å²) < 4.78 is 0. The molecule has 0 spiro atoms. The van der Waals surface area contributed by atoms with Crippen LogP contribution < -0.4 is 15.5 Å². The second kappa shape index (κ2) is 8.01. The van der Waals surface area contributed by atoms with Gasteiger partial charge in [0.1, 0.15) is 5.82 Å². The Morgan fingerprint density at radius 3 is 2.72 bits per heavy atom. The Hall–Kier alpha value is -2.56. The second-order valence-corrected chi connectivity index (χ2v) is 6.66. The molecule has 2 aromatic rings. The highest BCUT2D eigenvalue weighted by molar-refractivity contribution is 5.80. The Balaban J connectivity index is 1.56. The van der Waals surface area contributed by atoms with Crippen LogP contribution in [0.15, 0.2) is 47.5 Å². The van der Waals surface area contributed by atoms with Crippen LogP contribution in [0.4, 0.5) is 5.82 Å². The van der Waals surface area contributed by atoms with E-state index in [2.05, 4.69) is 44.9 Å². The fourth-order valence-electron chi connectivity index (χ4n) is 3.20. The monoisotopic (exact) mass is 337 g/mol. The molecule has 1 atom stereocenters. The van der Waals surface area contributed by atoms with E-state index in [-0.39, 0.29) is 0 Å². The first-order chi connectivity index (χ1) is 12.2. The molecule has 25 heavy (non-hydrogen) atoms. The summed E-state index contributed by atoms with van der Waals surface area (Å²) in [5, 5.41) is 6.94. The van der Waals surface area contributed by atoms with Gasteiger partial charge in [-0.05, 0) is 42.5 Å². The zero-order valence-corrected chi connectivity index (χ0v) is 15.3. The minimum absolute atomic E-state index is 0.419. The lowest BCUT2D eigenvalue weighted by molar-refractivity contribution is 0.520. The maximum Gasteiger partial charge on any atom is 0.191 e. The molecule has 0 bridgehead atoms. The van der Waals surface area contributed by atoms with E-state index in [9.17, 15) is 0 Å². The van der Waals surface area contributed by atoms with E-state index >= 15 is 0 Å². The van der Waals surface area contributed by atoms with Gasteiger partial charge >= 0.3 is 0 Å². The zero-order chi connectivity index (χ0) is 17.6. The van der Waals surface area contributed by atoms with Crippen molar-refractivity contribution in [2.45, 2.75) is 31.8 Å². The molecule has 3 rings (SSSR count). The summed E-state index contributed by atoms with van der Waals surface area (Å²) in [7, 11) is 5.82. The van der Waals surface area contributed by atoms with E-state index in [4.69, 9.17) is 0 Å². The van der Waals surface area contributed by atoms with Crippen molar-refractivity contribution in [3.8, 4) is 0 Å². The first kappa shape index (κ1) is 17.3. The Bertz CT molecular complexity index is 738. The molecular formula is C20H27N5. The topological polar surface area (TPSA) is 52.6 Å². The van der Waals surface area contributed by atoms with Gasteiger partial charge in [0.25, 0.3) is 0 Å². The summed E-state index contributed by atoms with van der Waals surface area (Å²) in [6.07, 6.45) is 3.30. The number of aromatic nitrogens is 1. The molecule has 1 unspecified atom stereocenters. The predicted molar refractivity (Wildman–Crippen MR) is 104 cm³/mol. The van der Waals surface area contributed by atoms with Crippen LogP contribution >= 0.6 is 0 Å². The largest absolute Gasteiger partial charge is 0.363 e. The molecule has 1 aromatic heterocycles. The van der Waals surface area contributed by atoms with Crippen LogP contribution in [0, 0.1) is 0 Å². The van der Waals surface area contributed by atoms with Gasteiger partial charge in [0.15, 0.2) is 5.96 Å². The molecule has 1 aliphatic rings. The molecule has 5 heteroatoms. The van der Waals surface area contributed by atoms with Gasteiger partial charge < -0.3 is 15.5 Å². The summed E-state index contributed by atoms with van der Waals surface area (Å²) in [6, 6.07) is 15.2. The Labute approximate surface area is 150 Å². The van der Waals surface area contributed by atoms with Crippen LogP contribution in [0.2, 0.25) is 0 Å². The smallest absolute Gasteiger partial charge is 0.191 e. The molecular weight excluding hydrogens is 310 g/mol. The molecule has 0 aliphatic heterocycles. The number of pyridine rings is 1. The number of aliphatic imine (C=N–C) groups is 1. The highest BCUT2D eigenvalue weighted by Gasteiger charge is 2.18. The SMILES string of the molecule is CN=C(NCc1cccc(N(C)C)n1)NC1CCc2ccccc2C1. The number of benzene rings is 1. The lowest BCUT2D eigenvalue weighted by atomic mass is 9.88. The molecule has 0 amide bonds. The molecule has 1 aromatic carbocycles. The summed E-state index contributed by atoms with van der Waals surface area (Å²) in [6.45, 7) is 0.657. The van der Waals surface area contributed by atoms with Crippen LogP contribution in [0.1, 0.15) is 23.2 Å². The van der Waals surface area contributed by atoms with Crippen molar-refractivity contribution in [1.82, 2.24) is 15.6 Å². The first-order valence-corrected chi connectivity index (χ1v) is 8.83. The zero-order valence-electron chi connectivity index (χ0n) is 15.3. The van der Waals surface area contributed by atoms with Crippen molar-refractivity contribution in [3.05, 3.63) is 59.3 Å². The number of hydrogen-bond donors (Lipinski definition) is 2. The minimum atomic E-state index is 0.419. The van der Waals surface area contributed by atoms with Crippen molar-refractivity contribution >= 4 is 11.8 Å². The van der Waals surface area contributed by atoms with Crippen LogP contribution in [-0.4, -0.2) is 38.1 Å². The number of anilines is 1. The van der Waals surface area contributed by atoms with Crippen molar-refractivity contribution in [3.63, 3.8) is 0 Å². The van der Waals surface area contributed by atoms with Gasteiger partial charge in [-0.25, -0.2) is 4.98 Å². The maximum atomic E-state index is 4.64. The molecule has 5 nitrogen and oxygen atoms in total. The standard InChI is InChI=1S/C20H27N5/c1-21-20(22-14-18-9-6-10-19(23-18)25(2)3)24-17-12-11-15-7-4-5-8-16(15)13-17/h4-10,17H,11-14H2,1-3H3,(H2,21,22,24). The van der Waals surface area contributed by atoms with Crippen LogP contribution in [-0.2, 0) is 19.4 Å². The van der Waals surface area contributed by atoms with E-state index in [1.54, 1.807) is 0 Å². The minimum Gasteiger partial charge on any atom is -0.363 e. The van der Waals surface area contributed by atoms with Gasteiger partial charge in [0.05, 0.1) is 12.2 Å². The average Bonchev–Trinajstić information content (AvgIpc) is 2.65. The quantitative estimate of drug-likeness (QED) is 0.664. The fraction of sp³-hybridized carbons (Fsp3) is 0.400. The second-order valence-electron chi connectivity index (χ2n) is 6.66. The van der Waals surface area contributed by atoms with Gasteiger partial charge in [0.2, 0.25) is 0 Å². The Morgan fingerprint density at radius 1 is 1.16 bits per heavy atom. The maximum absolute atomic E-state index is 4.64. The molecule has 132 valence electrons. The predicted octanol–water partition coefficient (Wildman–Crippen LogP) is 2.37. The fourth-order valence-corrected chi connectivity index (χ4v) is 3.20. The van der Waals surface area contributed by atoms with E-state index in [0.29, 0.717) is 12.6 Å². The molecule has 0 saturated heterocycles. The number of fused-ring (bicyclic) bond motifs is 1. The lowest BCUT2D eigenvalue weighted by Crippen LogP contribution is -2.45. The lowest BCUT2D eigenvalue weighted by Gasteiger charge is -2.27. The number of nitrogens with one attached hydrogen (secondary N) is 2. The third-order valence-corrected chi connectivity index (χ3v) is 4.60. The van der Waals surface area contributed by atoms with Crippen molar-refractivity contribution < 1.29 is 0 Å². The third-order valence-electron chi connectivity index (χ3n) is 4.60. The third kappa shape index (κ3) is 4.50. The van der Waals surface area contributed by atoms with Crippen LogP contribution in [0.25, 0.3) is 0 Å². The van der Waals surface area contributed by atoms with E-state index in [0.717, 1.165) is 36.7 Å². The summed E-state index contributed by atoms with van der Waals surface area (Å²) >= 11 is 0. The van der Waals surface area contributed by atoms with E-state index in [1.807, 2.05) is 44.2 Å². The van der Waals surface area contributed by atoms with Crippen molar-refractivity contribution in [1.29, 1.82) is 0 Å². The van der Waals surface area contributed by atoms with Gasteiger partial charge in [-0.3, -0.25) is 4.99 Å². The van der Waals surface area contributed by atoms with Crippen LogP contribution in [0.3, 0.4) is 0 Å². The van der Waals surface area contributed by atoms with Gasteiger partial charge in [0, 0.05) is 27.2 Å². The molecule has 0 fully saturated rings. The van der Waals surface area contributed by atoms with Crippen molar-refractivity contribution in [2.24, 2.45) is 4.99 Å². The number of hydrogen-bond acceptors (Lipinski definition) is 3. The summed E-state index contributed by atoms with van der Waals surface area (Å²) in [4.78, 5) is 11.0. The summed E-state index contributed by atoms with van der Waals surface area (Å²) in [5.41, 5.74) is 3.93. The van der Waals surface area contributed by atoms with E-state index < -0.39 is 0 Å². The van der Waals surface area contributed by atoms with Gasteiger partial charge in [-0.1, -0.05) is 30.3 Å². The number of nitrogens with zero attached hydrogens (tertiary/aromatic N) is 3. The Morgan fingerprint density at radius 2 is 1.96 bits per heavy atom. The van der Waals surface area contributed by atoms with Crippen LogP contribution in [0.5, 0.6) is 0 Å². The first-order valence-electron chi connectivity index (χ1n) is 8.83. The number of rotatable bonds is 4. The normalized spacial score (nSPS) is 16.9. The highest BCUT2D eigenvalue weighted by atomic mass is 15.2. The van der Waals surface area contributed by atoms with Gasteiger partial charge in [-0.2, -0.15) is 0 Å². The highest BCUT2D eigenvalue weighted by Crippen LogP contribution is 2.20. The Kier molecular flexibility index (Phi) is 5.53. The van der Waals surface area contributed by atoms with E-state index in [1.165, 1.54) is 11.1 Å². The molecule has 0 saturated carbocycles. The van der Waals surface area contributed by atoms with Gasteiger partial charge in [-0.15, -0.1) is 0 Å². The van der Waals surface area contributed by atoms with Crippen molar-refractivity contribution in [2.75, 3.05) is 26.0 Å². The molecule has 0 radical (unpaired) electrons. The summed E-state index contributed by atoms with van der Waals surface area (Å²) in [5.74, 6) is 1.80.